The summed E-state index contributed by atoms with van der Waals surface area (Å²) < 4.78 is 4.79. The molecule has 1 atom stereocenters. The normalized spacial score (nSPS) is 11.3. The Morgan fingerprint density at radius 1 is 1.00 bits per heavy atom. The van der Waals surface area contributed by atoms with Crippen LogP contribution in [0.15, 0.2) is 48.5 Å². The summed E-state index contributed by atoms with van der Waals surface area (Å²) in [5.74, 6) is -0.866. The molecule has 0 aliphatic rings. The first-order valence-corrected chi connectivity index (χ1v) is 9.08. The Morgan fingerprint density at radius 3 is 2.00 bits per heavy atom. The summed E-state index contributed by atoms with van der Waals surface area (Å²) in [6, 6.07) is 14.5. The lowest BCUT2D eigenvalue weighted by Crippen LogP contribution is -2.07. The Morgan fingerprint density at radius 2 is 1.56 bits per heavy atom. The molecule has 0 aliphatic carbocycles. The van der Waals surface area contributed by atoms with Crippen LogP contribution in [0.3, 0.4) is 0 Å². The molecule has 0 saturated heterocycles. The fraction of sp³-hybridized carbons (Fsp3) is 0.364. The number of carbonyl (C=O) groups is 2. The number of ether oxygens (including phenoxy) is 1. The number of nitrogens with two attached hydrogens (primary N) is 1. The minimum atomic E-state index is -0.772. The van der Waals surface area contributed by atoms with Crippen molar-refractivity contribution in [1.29, 1.82) is 0 Å². The molecule has 5 heteroatoms. The average molecular weight is 371 g/mol. The third kappa shape index (κ3) is 7.94. The molecule has 0 heterocycles. The molecular weight excluding hydrogens is 342 g/mol. The van der Waals surface area contributed by atoms with E-state index in [1.807, 2.05) is 24.3 Å². The average Bonchev–Trinajstić information content (AvgIpc) is 2.62. The second-order valence-electron chi connectivity index (χ2n) is 6.74. The molecule has 1 unspecified atom stereocenters. The number of anilines is 1. The van der Waals surface area contributed by atoms with Gasteiger partial charge in [0.2, 0.25) is 0 Å². The van der Waals surface area contributed by atoms with E-state index in [1.54, 1.807) is 38.1 Å². The first-order valence-electron chi connectivity index (χ1n) is 9.08. The summed E-state index contributed by atoms with van der Waals surface area (Å²) in [5, 5.41) is 8.85. The monoisotopic (exact) mass is 371 g/mol. The lowest BCUT2D eigenvalue weighted by atomic mass is 9.97. The number of hydrogen-bond acceptors (Lipinski definition) is 4. The van der Waals surface area contributed by atoms with Crippen molar-refractivity contribution in [3.05, 3.63) is 65.2 Å². The molecule has 0 radical (unpaired) electrons. The smallest absolute Gasteiger partial charge is 0.338 e. The highest BCUT2D eigenvalue weighted by Crippen LogP contribution is 2.17. The molecule has 0 aromatic heterocycles. The van der Waals surface area contributed by atoms with Gasteiger partial charge in [-0.2, -0.15) is 0 Å². The van der Waals surface area contributed by atoms with Crippen molar-refractivity contribution >= 4 is 17.6 Å². The number of aliphatic carboxylic acids is 1. The van der Waals surface area contributed by atoms with Crippen LogP contribution in [0.1, 0.15) is 55.1 Å². The number of carbonyl (C=O) groups excluding carboxylic acids is 1. The summed E-state index contributed by atoms with van der Waals surface area (Å²) in [5.41, 5.74) is 8.76. The van der Waals surface area contributed by atoms with Crippen LogP contribution < -0.4 is 5.73 Å². The predicted molar refractivity (Wildman–Crippen MR) is 108 cm³/mol. The van der Waals surface area contributed by atoms with Crippen LogP contribution in [0.2, 0.25) is 0 Å². The van der Waals surface area contributed by atoms with E-state index < -0.39 is 11.9 Å². The number of carboxylic acid groups (broad SMARTS) is 1. The molecule has 3 N–H and O–H groups in total. The van der Waals surface area contributed by atoms with Crippen molar-refractivity contribution in [2.24, 2.45) is 5.92 Å². The maximum Gasteiger partial charge on any atom is 0.338 e. The van der Waals surface area contributed by atoms with E-state index in [4.69, 9.17) is 15.6 Å². The second kappa shape index (κ2) is 11.0. The summed E-state index contributed by atoms with van der Waals surface area (Å²) in [6.07, 6.45) is 1.04. The standard InChI is InChI=1S/C13H18O2.C9H11NO2/c1-9(2)8-11-4-6-12(7-5-11)10(3)13(14)15;1-2-12-9(11)7-3-5-8(10)6-4-7/h4-7,9-10H,8H2,1-3H3,(H,14,15);3-6H,2,10H2,1H3. The SMILES string of the molecule is CC(C)Cc1ccc(C(C)C(=O)O)cc1.CCOC(=O)c1ccc(N)cc1. The van der Waals surface area contributed by atoms with E-state index in [0.717, 1.165) is 12.0 Å². The van der Waals surface area contributed by atoms with Gasteiger partial charge >= 0.3 is 11.9 Å². The van der Waals surface area contributed by atoms with E-state index >= 15 is 0 Å². The molecule has 2 rings (SSSR count). The molecule has 0 saturated carbocycles. The molecule has 2 aromatic carbocycles. The summed E-state index contributed by atoms with van der Waals surface area (Å²) in [6.45, 7) is 8.22. The number of hydrogen-bond donors (Lipinski definition) is 2. The molecule has 0 bridgehead atoms. The highest BCUT2D eigenvalue weighted by Gasteiger charge is 2.12. The maximum absolute atomic E-state index is 11.1. The van der Waals surface area contributed by atoms with Gasteiger partial charge in [-0.3, -0.25) is 4.79 Å². The number of nitrogen functional groups attached to an aromatic ring is 1. The lowest BCUT2D eigenvalue weighted by molar-refractivity contribution is -0.138. The minimum Gasteiger partial charge on any atom is -0.481 e. The van der Waals surface area contributed by atoms with Crippen molar-refractivity contribution in [3.8, 4) is 0 Å². The van der Waals surface area contributed by atoms with Gasteiger partial charge < -0.3 is 15.6 Å². The fourth-order valence-corrected chi connectivity index (χ4v) is 2.39. The molecule has 0 aliphatic heterocycles. The number of carboxylic acids is 1. The molecule has 27 heavy (non-hydrogen) atoms. The van der Waals surface area contributed by atoms with Crippen molar-refractivity contribution in [2.75, 3.05) is 12.3 Å². The zero-order valence-corrected chi connectivity index (χ0v) is 16.4. The van der Waals surface area contributed by atoms with Gasteiger partial charge in [0.15, 0.2) is 0 Å². The molecule has 146 valence electrons. The van der Waals surface area contributed by atoms with E-state index in [0.29, 0.717) is 23.8 Å². The molecule has 0 fully saturated rings. The minimum absolute atomic E-state index is 0.308. The molecular formula is C22H29NO4. The van der Waals surface area contributed by atoms with Gasteiger partial charge in [0.05, 0.1) is 18.1 Å². The van der Waals surface area contributed by atoms with Gasteiger partial charge in [0.1, 0.15) is 0 Å². The first-order chi connectivity index (χ1) is 12.7. The van der Waals surface area contributed by atoms with Crippen molar-refractivity contribution in [2.45, 2.75) is 40.0 Å². The van der Waals surface area contributed by atoms with Gasteiger partial charge in [0.25, 0.3) is 0 Å². The lowest BCUT2D eigenvalue weighted by Gasteiger charge is -2.09. The topological polar surface area (TPSA) is 89.6 Å². The fourth-order valence-electron chi connectivity index (χ4n) is 2.39. The Bertz CT molecular complexity index is 721. The summed E-state index contributed by atoms with van der Waals surface area (Å²) in [7, 11) is 0. The molecule has 2 aromatic rings. The van der Waals surface area contributed by atoms with Gasteiger partial charge in [0, 0.05) is 5.69 Å². The Hall–Kier alpha value is -2.82. The van der Waals surface area contributed by atoms with Gasteiger partial charge in [-0.05, 0) is 61.6 Å². The van der Waals surface area contributed by atoms with Crippen LogP contribution in [-0.2, 0) is 16.0 Å². The third-order valence-corrected chi connectivity index (χ3v) is 3.92. The Balaban J connectivity index is 0.000000277. The van der Waals surface area contributed by atoms with E-state index in [1.165, 1.54) is 5.56 Å². The zero-order valence-electron chi connectivity index (χ0n) is 16.4. The Kier molecular flexibility index (Phi) is 9.06. The predicted octanol–water partition coefficient (Wildman–Crippen LogP) is 4.52. The van der Waals surface area contributed by atoms with E-state index in [2.05, 4.69) is 13.8 Å². The van der Waals surface area contributed by atoms with E-state index in [-0.39, 0.29) is 5.97 Å². The highest BCUT2D eigenvalue weighted by atomic mass is 16.5. The zero-order chi connectivity index (χ0) is 20.4. The Labute approximate surface area is 161 Å². The van der Waals surface area contributed by atoms with Crippen LogP contribution >= 0.6 is 0 Å². The molecule has 5 nitrogen and oxygen atoms in total. The number of benzene rings is 2. The van der Waals surface area contributed by atoms with Crippen LogP contribution in [-0.4, -0.2) is 23.7 Å². The molecule has 0 amide bonds. The van der Waals surface area contributed by atoms with Crippen LogP contribution in [0.5, 0.6) is 0 Å². The highest BCUT2D eigenvalue weighted by molar-refractivity contribution is 5.89. The number of rotatable bonds is 6. The largest absolute Gasteiger partial charge is 0.481 e. The van der Waals surface area contributed by atoms with Crippen LogP contribution in [0.25, 0.3) is 0 Å². The van der Waals surface area contributed by atoms with Crippen LogP contribution in [0, 0.1) is 5.92 Å². The van der Waals surface area contributed by atoms with Crippen molar-refractivity contribution < 1.29 is 19.4 Å². The molecule has 0 spiro atoms. The summed E-state index contributed by atoms with van der Waals surface area (Å²) in [4.78, 5) is 21.9. The van der Waals surface area contributed by atoms with Crippen LogP contribution in [0.4, 0.5) is 5.69 Å². The van der Waals surface area contributed by atoms with Crippen molar-refractivity contribution in [1.82, 2.24) is 0 Å². The van der Waals surface area contributed by atoms with Gasteiger partial charge in [-0.25, -0.2) is 4.79 Å². The number of esters is 1. The summed E-state index contributed by atoms with van der Waals surface area (Å²) >= 11 is 0. The maximum atomic E-state index is 11.1. The third-order valence-electron chi connectivity index (χ3n) is 3.92. The van der Waals surface area contributed by atoms with Gasteiger partial charge in [-0.1, -0.05) is 38.1 Å². The van der Waals surface area contributed by atoms with Crippen molar-refractivity contribution in [3.63, 3.8) is 0 Å². The van der Waals surface area contributed by atoms with Gasteiger partial charge in [-0.15, -0.1) is 0 Å². The quantitative estimate of drug-likeness (QED) is 0.576. The van der Waals surface area contributed by atoms with E-state index in [9.17, 15) is 9.59 Å². The second-order valence-corrected chi connectivity index (χ2v) is 6.74. The first kappa shape index (κ1) is 22.2.